The molecule has 6 heteroatoms. The second-order valence-electron chi connectivity index (χ2n) is 4.63. The zero-order valence-electron chi connectivity index (χ0n) is 11.3. The number of carbonyl (C=O) groups excluding carboxylic acids is 2. The maximum Gasteiger partial charge on any atom is 0.346 e. The van der Waals surface area contributed by atoms with E-state index in [0.717, 1.165) is 5.56 Å². The molecule has 0 bridgehead atoms. The minimum absolute atomic E-state index is 0.0218. The van der Waals surface area contributed by atoms with Crippen molar-refractivity contribution in [1.82, 2.24) is 15.4 Å². The van der Waals surface area contributed by atoms with Gasteiger partial charge in [-0.25, -0.2) is 20.1 Å². The largest absolute Gasteiger partial charge is 0.346 e. The van der Waals surface area contributed by atoms with Crippen LogP contribution in [0.5, 0.6) is 0 Å². The number of nitrogens with one attached hydrogen (secondary N) is 1. The number of para-hydroxylation sites is 1. The van der Waals surface area contributed by atoms with Gasteiger partial charge in [-0.15, -0.1) is 0 Å². The number of carbonyl (C=O) groups is 2. The van der Waals surface area contributed by atoms with Crippen molar-refractivity contribution in [2.75, 3.05) is 11.4 Å². The maximum atomic E-state index is 12.3. The van der Waals surface area contributed by atoms with Crippen molar-refractivity contribution >= 4 is 17.6 Å². The summed E-state index contributed by atoms with van der Waals surface area (Å²) in [5.41, 5.74) is 4.48. The van der Waals surface area contributed by atoms with Crippen LogP contribution in [0.1, 0.15) is 5.56 Å². The van der Waals surface area contributed by atoms with Crippen LogP contribution in [0.4, 0.5) is 10.5 Å². The van der Waals surface area contributed by atoms with Crippen molar-refractivity contribution in [3.8, 4) is 0 Å². The first-order valence-electron chi connectivity index (χ1n) is 6.57. The van der Waals surface area contributed by atoms with Gasteiger partial charge in [-0.1, -0.05) is 24.3 Å². The smallest absolute Gasteiger partial charge is 0.272 e. The van der Waals surface area contributed by atoms with Gasteiger partial charge < -0.3 is 0 Å². The van der Waals surface area contributed by atoms with E-state index in [2.05, 4.69) is 10.4 Å². The van der Waals surface area contributed by atoms with Gasteiger partial charge in [0.25, 0.3) is 5.91 Å². The lowest BCUT2D eigenvalue weighted by Gasteiger charge is -2.17. The number of nitrogens with zero attached hydrogens (tertiary/aromatic N) is 3. The van der Waals surface area contributed by atoms with Crippen molar-refractivity contribution in [1.29, 1.82) is 0 Å². The number of amides is 3. The number of imide groups is 1. The molecule has 1 aliphatic heterocycles. The highest BCUT2D eigenvalue weighted by Crippen LogP contribution is 2.19. The Morgan fingerprint density at radius 3 is 2.62 bits per heavy atom. The summed E-state index contributed by atoms with van der Waals surface area (Å²) in [7, 11) is 0. The van der Waals surface area contributed by atoms with Crippen molar-refractivity contribution in [2.45, 2.75) is 6.54 Å². The highest BCUT2D eigenvalue weighted by atomic mass is 16.2. The van der Waals surface area contributed by atoms with E-state index < -0.39 is 0 Å². The van der Waals surface area contributed by atoms with Gasteiger partial charge in [-0.05, 0) is 23.8 Å². The third-order valence-electron chi connectivity index (χ3n) is 3.18. The van der Waals surface area contributed by atoms with Gasteiger partial charge in [0.1, 0.15) is 6.54 Å². The molecular weight excluding hydrogens is 268 g/mol. The number of rotatable bonds is 4. The van der Waals surface area contributed by atoms with Gasteiger partial charge >= 0.3 is 6.03 Å². The number of hydrazine groups is 1. The zero-order chi connectivity index (χ0) is 14.7. The molecule has 21 heavy (non-hydrogen) atoms. The topological polar surface area (TPSA) is 65.5 Å². The molecule has 1 aromatic heterocycles. The molecule has 1 N–H and O–H groups in total. The molecule has 0 unspecified atom stereocenters. The van der Waals surface area contributed by atoms with E-state index in [9.17, 15) is 9.59 Å². The molecule has 0 radical (unpaired) electrons. The lowest BCUT2D eigenvalue weighted by molar-refractivity contribution is -0.116. The summed E-state index contributed by atoms with van der Waals surface area (Å²) in [5.74, 6) is -0.245. The van der Waals surface area contributed by atoms with Crippen LogP contribution in [0, 0.1) is 0 Å². The zero-order valence-corrected chi connectivity index (χ0v) is 11.3. The third-order valence-corrected chi connectivity index (χ3v) is 3.18. The number of hydrogen-bond donors (Lipinski definition) is 1. The van der Waals surface area contributed by atoms with Gasteiger partial charge in [0, 0.05) is 18.9 Å². The number of urea groups is 1. The quantitative estimate of drug-likeness (QED) is 0.864. The van der Waals surface area contributed by atoms with Gasteiger partial charge in [0.05, 0.1) is 5.69 Å². The maximum absolute atomic E-state index is 12.3. The lowest BCUT2D eigenvalue weighted by Crippen LogP contribution is -2.41. The number of hydrogen-bond acceptors (Lipinski definition) is 4. The van der Waals surface area contributed by atoms with Gasteiger partial charge in [-0.3, -0.25) is 9.78 Å². The van der Waals surface area contributed by atoms with Gasteiger partial charge in [0.15, 0.2) is 0 Å². The van der Waals surface area contributed by atoms with Gasteiger partial charge in [0.2, 0.25) is 0 Å². The predicted molar refractivity (Wildman–Crippen MR) is 77.1 cm³/mol. The molecule has 0 atom stereocenters. The Morgan fingerprint density at radius 1 is 1.10 bits per heavy atom. The number of aromatic nitrogens is 1. The molecule has 1 aromatic carbocycles. The normalized spacial score (nSPS) is 14.9. The van der Waals surface area contributed by atoms with Crippen LogP contribution in [0.15, 0.2) is 54.9 Å². The first-order chi connectivity index (χ1) is 10.3. The van der Waals surface area contributed by atoms with E-state index in [1.54, 1.807) is 36.7 Å². The summed E-state index contributed by atoms with van der Waals surface area (Å²) in [6, 6.07) is 12.3. The highest BCUT2D eigenvalue weighted by Gasteiger charge is 2.37. The summed E-state index contributed by atoms with van der Waals surface area (Å²) in [4.78, 5) is 29.5. The number of pyridine rings is 1. The summed E-state index contributed by atoms with van der Waals surface area (Å²) in [5, 5.41) is 1.32. The van der Waals surface area contributed by atoms with Crippen LogP contribution in [-0.4, -0.2) is 28.5 Å². The first-order valence-corrected chi connectivity index (χ1v) is 6.57. The van der Waals surface area contributed by atoms with Crippen molar-refractivity contribution in [2.24, 2.45) is 0 Å². The molecule has 1 aliphatic rings. The fraction of sp³-hybridized carbons (Fsp3) is 0.133. The summed E-state index contributed by atoms with van der Waals surface area (Å²) in [6.45, 7) is 0.462. The Labute approximate surface area is 122 Å². The molecule has 0 spiro atoms. The summed E-state index contributed by atoms with van der Waals surface area (Å²) in [6.07, 6.45) is 3.40. The highest BCUT2D eigenvalue weighted by molar-refractivity contribution is 6.19. The summed E-state index contributed by atoms with van der Waals surface area (Å²) < 4.78 is 0. The number of anilines is 1. The molecular formula is C15H14N4O2. The third kappa shape index (κ3) is 2.75. The van der Waals surface area contributed by atoms with E-state index in [1.165, 1.54) is 9.91 Å². The van der Waals surface area contributed by atoms with E-state index in [0.29, 0.717) is 12.2 Å². The standard InChI is InChI=1S/C15H14N4O2/c20-14-11-18(17-10-12-5-4-8-16-9-12)15(21)19(14)13-6-2-1-3-7-13/h1-9,17H,10-11H2. The van der Waals surface area contributed by atoms with E-state index >= 15 is 0 Å². The second-order valence-corrected chi connectivity index (χ2v) is 4.63. The molecule has 1 saturated heterocycles. The van der Waals surface area contributed by atoms with E-state index in [-0.39, 0.29) is 18.5 Å². The Balaban J connectivity index is 1.69. The summed E-state index contributed by atoms with van der Waals surface area (Å²) >= 11 is 0. The molecule has 106 valence electrons. The fourth-order valence-corrected chi connectivity index (χ4v) is 2.15. The van der Waals surface area contributed by atoms with Crippen LogP contribution in [-0.2, 0) is 11.3 Å². The first kappa shape index (κ1) is 13.3. The minimum atomic E-state index is -0.366. The van der Waals surface area contributed by atoms with Crippen molar-refractivity contribution < 1.29 is 9.59 Å². The molecule has 2 heterocycles. The van der Waals surface area contributed by atoms with Crippen LogP contribution in [0.2, 0.25) is 0 Å². The monoisotopic (exact) mass is 282 g/mol. The molecule has 2 aromatic rings. The minimum Gasteiger partial charge on any atom is -0.272 e. The Kier molecular flexibility index (Phi) is 3.61. The molecule has 6 nitrogen and oxygen atoms in total. The average molecular weight is 282 g/mol. The van der Waals surface area contributed by atoms with Gasteiger partial charge in [-0.2, -0.15) is 0 Å². The lowest BCUT2D eigenvalue weighted by atomic mass is 10.3. The second kappa shape index (κ2) is 5.72. The molecule has 3 amide bonds. The van der Waals surface area contributed by atoms with Crippen molar-refractivity contribution in [3.63, 3.8) is 0 Å². The molecule has 0 saturated carbocycles. The van der Waals surface area contributed by atoms with Crippen molar-refractivity contribution in [3.05, 3.63) is 60.4 Å². The molecule has 0 aliphatic carbocycles. The molecule has 1 fully saturated rings. The SMILES string of the molecule is O=C1CN(NCc2cccnc2)C(=O)N1c1ccccc1. The average Bonchev–Trinajstić information content (AvgIpc) is 2.81. The Bertz CT molecular complexity index is 645. The number of benzene rings is 1. The van der Waals surface area contributed by atoms with Crippen LogP contribution >= 0.6 is 0 Å². The predicted octanol–water partition coefficient (Wildman–Crippen LogP) is 1.55. The van der Waals surface area contributed by atoms with E-state index in [1.807, 2.05) is 18.2 Å². The molecule has 3 rings (SSSR count). The van der Waals surface area contributed by atoms with Crippen LogP contribution < -0.4 is 10.3 Å². The van der Waals surface area contributed by atoms with E-state index in [4.69, 9.17) is 0 Å². The van der Waals surface area contributed by atoms with Crippen LogP contribution in [0.25, 0.3) is 0 Å². The fourth-order valence-electron chi connectivity index (χ4n) is 2.15. The van der Waals surface area contributed by atoms with Crippen LogP contribution in [0.3, 0.4) is 0 Å². The Hall–Kier alpha value is -2.73. The Morgan fingerprint density at radius 2 is 1.90 bits per heavy atom.